The summed E-state index contributed by atoms with van der Waals surface area (Å²) in [5, 5.41) is 13.4. The van der Waals surface area contributed by atoms with Crippen LogP contribution in [-0.4, -0.2) is 33.5 Å². The minimum absolute atomic E-state index is 0. The van der Waals surface area contributed by atoms with E-state index in [1.807, 2.05) is 0 Å². The van der Waals surface area contributed by atoms with Gasteiger partial charge in [0.1, 0.15) is 25.1 Å². The van der Waals surface area contributed by atoms with Gasteiger partial charge >= 0.3 is 5.82 Å². The standard InChI is InChI=1S/C14H17N5O4.ClH/c1-10-16-13(19(21)22)8-18(10)9-14(20)17-11-2-4-12(5-3-11)23-7-6-15;/h2-5,8H,6-7,9,15H2,1H3,(H,17,20);1H. The van der Waals surface area contributed by atoms with E-state index in [0.717, 1.165) is 0 Å². The minimum Gasteiger partial charge on any atom is -0.492 e. The lowest BCUT2D eigenvalue weighted by Crippen LogP contribution is -2.19. The molecule has 0 saturated carbocycles. The molecule has 0 radical (unpaired) electrons. The van der Waals surface area contributed by atoms with E-state index < -0.39 is 4.92 Å². The Kier molecular flexibility index (Phi) is 7.15. The number of carbonyl (C=O) groups is 1. The SMILES string of the molecule is Cc1nc([N+](=O)[O-])cn1CC(=O)Nc1ccc(OCCN)cc1.Cl. The Hall–Kier alpha value is -2.65. The van der Waals surface area contributed by atoms with Crippen molar-refractivity contribution in [2.24, 2.45) is 5.73 Å². The van der Waals surface area contributed by atoms with Gasteiger partial charge in [-0.25, -0.2) is 0 Å². The fraction of sp³-hybridized carbons (Fsp3) is 0.286. The summed E-state index contributed by atoms with van der Waals surface area (Å²) in [6.07, 6.45) is 1.23. The van der Waals surface area contributed by atoms with Gasteiger partial charge in [-0.1, -0.05) is 0 Å². The molecule has 0 fully saturated rings. The number of anilines is 1. The van der Waals surface area contributed by atoms with E-state index in [0.29, 0.717) is 30.4 Å². The van der Waals surface area contributed by atoms with Crippen LogP contribution in [0.1, 0.15) is 5.82 Å². The Morgan fingerprint density at radius 2 is 2.08 bits per heavy atom. The number of nitrogens with two attached hydrogens (primary N) is 1. The fourth-order valence-electron chi connectivity index (χ4n) is 1.91. The van der Waals surface area contributed by atoms with E-state index in [2.05, 4.69) is 10.3 Å². The number of imidazole rings is 1. The molecule has 10 heteroatoms. The van der Waals surface area contributed by atoms with Crippen LogP contribution >= 0.6 is 12.4 Å². The minimum atomic E-state index is -0.596. The average Bonchev–Trinajstić information content (AvgIpc) is 2.88. The van der Waals surface area contributed by atoms with Crippen LogP contribution in [0.3, 0.4) is 0 Å². The van der Waals surface area contributed by atoms with Gasteiger partial charge in [0.25, 0.3) is 0 Å². The molecule has 0 atom stereocenters. The monoisotopic (exact) mass is 355 g/mol. The van der Waals surface area contributed by atoms with Crippen molar-refractivity contribution < 1.29 is 14.5 Å². The molecular formula is C14H18ClN5O4. The molecule has 0 unspecified atom stereocenters. The number of amides is 1. The van der Waals surface area contributed by atoms with Gasteiger partial charge in [-0.15, -0.1) is 12.4 Å². The number of rotatable bonds is 7. The van der Waals surface area contributed by atoms with Crippen molar-refractivity contribution >= 4 is 29.8 Å². The molecule has 0 aliphatic rings. The van der Waals surface area contributed by atoms with Crippen molar-refractivity contribution in [2.75, 3.05) is 18.5 Å². The van der Waals surface area contributed by atoms with Crippen molar-refractivity contribution in [1.82, 2.24) is 9.55 Å². The topological polar surface area (TPSA) is 125 Å². The number of aryl methyl sites for hydroxylation is 1. The van der Waals surface area contributed by atoms with Crippen LogP contribution in [0.15, 0.2) is 30.5 Å². The number of carbonyl (C=O) groups excluding carboxylic acids is 1. The van der Waals surface area contributed by atoms with Gasteiger partial charge in [0, 0.05) is 19.2 Å². The third kappa shape index (κ3) is 5.21. The van der Waals surface area contributed by atoms with Gasteiger partial charge in [0.2, 0.25) is 11.7 Å². The molecule has 3 N–H and O–H groups in total. The highest BCUT2D eigenvalue weighted by atomic mass is 35.5. The fourth-order valence-corrected chi connectivity index (χ4v) is 1.91. The molecule has 2 aromatic rings. The molecule has 0 saturated heterocycles. The molecule has 130 valence electrons. The molecule has 1 amide bonds. The number of nitrogens with one attached hydrogen (secondary N) is 1. The van der Waals surface area contributed by atoms with Gasteiger partial charge in [-0.2, -0.15) is 0 Å². The average molecular weight is 356 g/mol. The lowest BCUT2D eigenvalue weighted by atomic mass is 10.3. The first-order valence-electron chi connectivity index (χ1n) is 6.90. The van der Waals surface area contributed by atoms with E-state index in [4.69, 9.17) is 10.5 Å². The predicted molar refractivity (Wildman–Crippen MR) is 90.5 cm³/mol. The van der Waals surface area contributed by atoms with Gasteiger partial charge in [0.15, 0.2) is 0 Å². The Labute approximate surface area is 144 Å². The second-order valence-electron chi connectivity index (χ2n) is 4.74. The van der Waals surface area contributed by atoms with E-state index >= 15 is 0 Å². The molecule has 0 spiro atoms. The summed E-state index contributed by atoms with van der Waals surface area (Å²) < 4.78 is 6.76. The van der Waals surface area contributed by atoms with Crippen LogP contribution in [0.4, 0.5) is 11.5 Å². The zero-order valence-electron chi connectivity index (χ0n) is 13.0. The summed E-state index contributed by atoms with van der Waals surface area (Å²) in [4.78, 5) is 25.8. The second kappa shape index (κ2) is 8.85. The van der Waals surface area contributed by atoms with E-state index in [1.165, 1.54) is 10.8 Å². The van der Waals surface area contributed by atoms with Crippen LogP contribution in [0.2, 0.25) is 0 Å². The van der Waals surface area contributed by atoms with Crippen LogP contribution in [0.5, 0.6) is 5.75 Å². The highest BCUT2D eigenvalue weighted by molar-refractivity contribution is 5.90. The summed E-state index contributed by atoms with van der Waals surface area (Å²) in [6.45, 7) is 2.39. The van der Waals surface area contributed by atoms with Crippen molar-refractivity contribution in [3.63, 3.8) is 0 Å². The Bertz CT molecular complexity index is 702. The second-order valence-corrected chi connectivity index (χ2v) is 4.74. The molecule has 1 heterocycles. The first kappa shape index (κ1) is 19.4. The Morgan fingerprint density at radius 1 is 1.42 bits per heavy atom. The third-order valence-corrected chi connectivity index (χ3v) is 2.99. The van der Waals surface area contributed by atoms with Gasteiger partial charge in [0.05, 0.1) is 0 Å². The van der Waals surface area contributed by atoms with Gasteiger partial charge in [-0.3, -0.25) is 9.36 Å². The number of nitrogens with zero attached hydrogens (tertiary/aromatic N) is 3. The predicted octanol–water partition coefficient (Wildman–Crippen LogP) is 1.50. The number of nitro groups is 1. The van der Waals surface area contributed by atoms with Crippen molar-refractivity contribution in [1.29, 1.82) is 0 Å². The zero-order valence-corrected chi connectivity index (χ0v) is 13.8. The first-order chi connectivity index (χ1) is 11.0. The number of hydrogen-bond acceptors (Lipinski definition) is 6. The van der Waals surface area contributed by atoms with Gasteiger partial charge < -0.3 is 25.9 Å². The molecule has 2 rings (SSSR count). The molecule has 1 aromatic heterocycles. The quantitative estimate of drug-likeness (QED) is 0.572. The molecule has 0 bridgehead atoms. The summed E-state index contributed by atoms with van der Waals surface area (Å²) in [5.41, 5.74) is 5.95. The number of halogens is 1. The number of benzene rings is 1. The highest BCUT2D eigenvalue weighted by Gasteiger charge is 2.16. The smallest absolute Gasteiger partial charge is 0.381 e. The largest absolute Gasteiger partial charge is 0.492 e. The number of ether oxygens (including phenoxy) is 1. The molecule has 0 aliphatic carbocycles. The number of aromatic nitrogens is 2. The molecule has 1 aromatic carbocycles. The van der Waals surface area contributed by atoms with Crippen LogP contribution in [-0.2, 0) is 11.3 Å². The normalized spacial score (nSPS) is 9.92. The van der Waals surface area contributed by atoms with Crippen LogP contribution in [0, 0.1) is 17.0 Å². The van der Waals surface area contributed by atoms with Crippen molar-refractivity contribution in [3.8, 4) is 5.75 Å². The summed E-state index contributed by atoms with van der Waals surface area (Å²) in [5.74, 6) is 0.472. The lowest BCUT2D eigenvalue weighted by Gasteiger charge is -2.08. The van der Waals surface area contributed by atoms with Crippen LogP contribution < -0.4 is 15.8 Å². The highest BCUT2D eigenvalue weighted by Crippen LogP contribution is 2.16. The van der Waals surface area contributed by atoms with Crippen molar-refractivity contribution in [2.45, 2.75) is 13.5 Å². The lowest BCUT2D eigenvalue weighted by molar-refractivity contribution is -0.389. The Morgan fingerprint density at radius 3 is 2.62 bits per heavy atom. The van der Waals surface area contributed by atoms with Crippen LogP contribution in [0.25, 0.3) is 0 Å². The molecule has 0 aliphatic heterocycles. The van der Waals surface area contributed by atoms with Gasteiger partial charge in [-0.05, 0) is 34.2 Å². The van der Waals surface area contributed by atoms with E-state index in [-0.39, 0.29) is 30.7 Å². The van der Waals surface area contributed by atoms with E-state index in [9.17, 15) is 14.9 Å². The third-order valence-electron chi connectivity index (χ3n) is 2.99. The summed E-state index contributed by atoms with van der Waals surface area (Å²) in [7, 11) is 0. The number of hydrogen-bond donors (Lipinski definition) is 2. The molecule has 9 nitrogen and oxygen atoms in total. The maximum absolute atomic E-state index is 12.0. The van der Waals surface area contributed by atoms with Crippen molar-refractivity contribution in [3.05, 3.63) is 46.4 Å². The maximum atomic E-state index is 12.0. The summed E-state index contributed by atoms with van der Waals surface area (Å²) in [6, 6.07) is 6.84. The summed E-state index contributed by atoms with van der Waals surface area (Å²) >= 11 is 0. The molecule has 24 heavy (non-hydrogen) atoms. The zero-order chi connectivity index (χ0) is 16.8. The first-order valence-corrected chi connectivity index (χ1v) is 6.90. The Balaban J connectivity index is 0.00000288. The maximum Gasteiger partial charge on any atom is 0.381 e. The van der Waals surface area contributed by atoms with E-state index in [1.54, 1.807) is 31.2 Å². The molecular weight excluding hydrogens is 338 g/mol.